The number of hydrogen-bond acceptors (Lipinski definition) is 7. The Morgan fingerprint density at radius 1 is 1.18 bits per heavy atom. The van der Waals surface area contributed by atoms with Crippen molar-refractivity contribution in [2.45, 2.75) is 31.6 Å². The molecule has 3 rings (SSSR count). The van der Waals surface area contributed by atoms with E-state index >= 15 is 0 Å². The van der Waals surface area contributed by atoms with Crippen LogP contribution in [0, 0.1) is 6.92 Å². The lowest BCUT2D eigenvalue weighted by molar-refractivity contribution is 0.337. The third-order valence-electron chi connectivity index (χ3n) is 4.59. The van der Waals surface area contributed by atoms with Gasteiger partial charge in [0, 0.05) is 32.2 Å². The van der Waals surface area contributed by atoms with Gasteiger partial charge in [0.25, 0.3) is 0 Å². The van der Waals surface area contributed by atoms with Crippen molar-refractivity contribution < 1.29 is 13.2 Å². The molecule has 8 nitrogen and oxygen atoms in total. The first-order chi connectivity index (χ1) is 13.5. The highest BCUT2D eigenvalue weighted by atomic mass is 32.2. The minimum Gasteiger partial charge on any atom is -0.494 e. The minimum atomic E-state index is -3.58. The molecule has 0 bridgehead atoms. The van der Waals surface area contributed by atoms with Crippen molar-refractivity contribution in [3.63, 3.8) is 0 Å². The normalized spacial score (nSPS) is 14.3. The van der Waals surface area contributed by atoms with Crippen LogP contribution in [0.25, 0.3) is 0 Å². The van der Waals surface area contributed by atoms with Gasteiger partial charge in [-0.3, -0.25) is 0 Å². The second-order valence-corrected chi connectivity index (χ2v) is 8.44. The van der Waals surface area contributed by atoms with Crippen LogP contribution in [-0.4, -0.2) is 51.4 Å². The maximum Gasteiger partial charge on any atom is 0.240 e. The summed E-state index contributed by atoms with van der Waals surface area (Å²) in [6, 6.07) is 6.80. The van der Waals surface area contributed by atoms with E-state index in [0.717, 1.165) is 24.3 Å². The summed E-state index contributed by atoms with van der Waals surface area (Å²) >= 11 is 0. The van der Waals surface area contributed by atoms with Crippen LogP contribution in [0.15, 0.2) is 35.4 Å². The molecule has 1 aromatic carbocycles. The first-order valence-electron chi connectivity index (χ1n) is 9.54. The molecule has 9 heteroatoms. The summed E-state index contributed by atoms with van der Waals surface area (Å²) in [4.78, 5) is 2.50. The molecule has 2 heterocycles. The smallest absolute Gasteiger partial charge is 0.240 e. The molecule has 1 aliphatic rings. The zero-order valence-corrected chi connectivity index (χ0v) is 17.1. The summed E-state index contributed by atoms with van der Waals surface area (Å²) in [5.41, 5.74) is 1.83. The van der Waals surface area contributed by atoms with Gasteiger partial charge in [-0.15, -0.1) is 5.10 Å². The lowest BCUT2D eigenvalue weighted by Gasteiger charge is -2.17. The Morgan fingerprint density at radius 2 is 1.96 bits per heavy atom. The predicted octanol–water partition coefficient (Wildman–Crippen LogP) is 2.17. The number of aromatic nitrogens is 2. The molecule has 1 saturated heterocycles. The van der Waals surface area contributed by atoms with E-state index in [9.17, 15) is 8.42 Å². The molecule has 1 aromatic heterocycles. The van der Waals surface area contributed by atoms with E-state index in [-0.39, 0.29) is 11.4 Å². The van der Waals surface area contributed by atoms with Crippen molar-refractivity contribution in [1.82, 2.24) is 14.9 Å². The SMILES string of the molecule is CCOc1ccc(S(=O)(=O)NCCNc2cc(N3CCCC3)cnn2)cc1C. The van der Waals surface area contributed by atoms with Crippen LogP contribution in [0.2, 0.25) is 0 Å². The van der Waals surface area contributed by atoms with E-state index in [1.54, 1.807) is 24.4 Å². The third-order valence-corrected chi connectivity index (χ3v) is 6.05. The van der Waals surface area contributed by atoms with Crippen LogP contribution in [0.3, 0.4) is 0 Å². The number of ether oxygens (including phenoxy) is 1. The first-order valence-corrected chi connectivity index (χ1v) is 11.0. The summed E-state index contributed by atoms with van der Waals surface area (Å²) in [6.45, 7) is 6.98. The number of sulfonamides is 1. The van der Waals surface area contributed by atoms with Gasteiger partial charge in [0.05, 0.1) is 23.4 Å². The molecule has 0 unspecified atom stereocenters. The van der Waals surface area contributed by atoms with Gasteiger partial charge in [-0.2, -0.15) is 5.10 Å². The van der Waals surface area contributed by atoms with Gasteiger partial charge < -0.3 is 15.0 Å². The van der Waals surface area contributed by atoms with Crippen LogP contribution in [-0.2, 0) is 10.0 Å². The molecule has 0 saturated carbocycles. The van der Waals surface area contributed by atoms with Gasteiger partial charge in [0.2, 0.25) is 10.0 Å². The topological polar surface area (TPSA) is 96.5 Å². The third kappa shape index (κ3) is 5.11. The highest BCUT2D eigenvalue weighted by Crippen LogP contribution is 2.22. The Morgan fingerprint density at radius 3 is 2.68 bits per heavy atom. The van der Waals surface area contributed by atoms with Crippen LogP contribution < -0.4 is 19.7 Å². The average Bonchev–Trinajstić information content (AvgIpc) is 3.22. The van der Waals surface area contributed by atoms with Crippen molar-refractivity contribution >= 4 is 21.5 Å². The minimum absolute atomic E-state index is 0.226. The average molecular weight is 406 g/mol. The predicted molar refractivity (Wildman–Crippen MR) is 110 cm³/mol. The van der Waals surface area contributed by atoms with Crippen LogP contribution in [0.4, 0.5) is 11.5 Å². The molecular weight excluding hydrogens is 378 g/mol. The molecule has 0 amide bonds. The fourth-order valence-corrected chi connectivity index (χ4v) is 4.27. The first kappa shape index (κ1) is 20.3. The van der Waals surface area contributed by atoms with Gasteiger partial charge in [0.1, 0.15) is 5.75 Å². The number of hydrogen-bond donors (Lipinski definition) is 2. The summed E-state index contributed by atoms with van der Waals surface area (Å²) in [7, 11) is -3.58. The molecule has 0 radical (unpaired) electrons. The van der Waals surface area contributed by atoms with E-state index in [1.165, 1.54) is 12.8 Å². The Hall–Kier alpha value is -2.39. The van der Waals surface area contributed by atoms with Crippen molar-refractivity contribution in [1.29, 1.82) is 0 Å². The van der Waals surface area contributed by atoms with Crippen LogP contribution >= 0.6 is 0 Å². The second kappa shape index (κ2) is 9.20. The Balaban J connectivity index is 1.53. The number of nitrogens with one attached hydrogen (secondary N) is 2. The monoisotopic (exact) mass is 405 g/mol. The maximum absolute atomic E-state index is 12.5. The summed E-state index contributed by atoms with van der Waals surface area (Å²) in [5, 5.41) is 11.2. The fraction of sp³-hybridized carbons (Fsp3) is 0.474. The van der Waals surface area contributed by atoms with Gasteiger partial charge in [-0.25, -0.2) is 13.1 Å². The molecule has 1 aliphatic heterocycles. The highest BCUT2D eigenvalue weighted by molar-refractivity contribution is 7.89. The number of benzene rings is 1. The Labute approximate surface area is 166 Å². The summed E-state index contributed by atoms with van der Waals surface area (Å²) < 4.78 is 33.0. The molecule has 2 aromatic rings. The molecule has 28 heavy (non-hydrogen) atoms. The zero-order valence-electron chi connectivity index (χ0n) is 16.3. The van der Waals surface area contributed by atoms with E-state index in [4.69, 9.17) is 4.74 Å². The van der Waals surface area contributed by atoms with E-state index in [2.05, 4.69) is 25.1 Å². The summed E-state index contributed by atoms with van der Waals surface area (Å²) in [6.07, 6.45) is 4.14. The fourth-order valence-electron chi connectivity index (χ4n) is 3.16. The molecule has 0 spiro atoms. The van der Waals surface area contributed by atoms with Crippen molar-refractivity contribution in [3.8, 4) is 5.75 Å². The number of nitrogens with zero attached hydrogens (tertiary/aromatic N) is 3. The van der Waals surface area contributed by atoms with Crippen LogP contribution in [0.1, 0.15) is 25.3 Å². The molecule has 0 atom stereocenters. The Bertz CT molecular complexity index is 898. The molecule has 152 valence electrons. The lowest BCUT2D eigenvalue weighted by Crippen LogP contribution is -2.29. The Kier molecular flexibility index (Phi) is 6.69. The van der Waals surface area contributed by atoms with Gasteiger partial charge in [0.15, 0.2) is 5.82 Å². The molecule has 1 fully saturated rings. The number of rotatable bonds is 9. The second-order valence-electron chi connectivity index (χ2n) is 6.68. The van der Waals surface area contributed by atoms with Gasteiger partial charge in [-0.05, 0) is 50.5 Å². The lowest BCUT2D eigenvalue weighted by atomic mass is 10.2. The summed E-state index contributed by atoms with van der Waals surface area (Å²) in [5.74, 6) is 1.33. The standard InChI is InChI=1S/C19H27N5O3S/c1-3-27-18-7-6-17(12-15(18)2)28(25,26)22-9-8-20-19-13-16(14-21-23-19)24-10-4-5-11-24/h6-7,12-14,22H,3-5,8-11H2,1-2H3,(H,20,23). The van der Waals surface area contributed by atoms with Crippen molar-refractivity contribution in [2.24, 2.45) is 0 Å². The van der Waals surface area contributed by atoms with Crippen molar-refractivity contribution in [2.75, 3.05) is 43.0 Å². The van der Waals surface area contributed by atoms with Crippen molar-refractivity contribution in [3.05, 3.63) is 36.0 Å². The molecular formula is C19H27N5O3S. The molecule has 2 N–H and O–H groups in total. The largest absolute Gasteiger partial charge is 0.494 e. The van der Waals surface area contributed by atoms with Crippen LogP contribution in [0.5, 0.6) is 5.75 Å². The number of anilines is 2. The molecule has 0 aliphatic carbocycles. The maximum atomic E-state index is 12.5. The van der Waals surface area contributed by atoms with E-state index < -0.39 is 10.0 Å². The number of aryl methyl sites for hydroxylation is 1. The zero-order chi connectivity index (χ0) is 20.0. The van der Waals surface area contributed by atoms with E-state index in [0.29, 0.717) is 24.7 Å². The van der Waals surface area contributed by atoms with E-state index in [1.807, 2.05) is 19.9 Å². The van der Waals surface area contributed by atoms with Gasteiger partial charge in [-0.1, -0.05) is 0 Å². The quantitative estimate of drug-likeness (QED) is 0.617. The van der Waals surface area contributed by atoms with Gasteiger partial charge >= 0.3 is 0 Å². The highest BCUT2D eigenvalue weighted by Gasteiger charge is 2.16.